The van der Waals surface area contributed by atoms with Crippen LogP contribution in [0.1, 0.15) is 26.7 Å². The van der Waals surface area contributed by atoms with Crippen LogP contribution in [0.25, 0.3) is 0 Å². The fourth-order valence-electron chi connectivity index (χ4n) is 2.74. The zero-order valence-electron chi connectivity index (χ0n) is 13.8. The summed E-state index contributed by atoms with van der Waals surface area (Å²) >= 11 is 0. The number of nitrogens with zero attached hydrogens (tertiary/aromatic N) is 2. The first kappa shape index (κ1) is 18.6. The largest absolute Gasteiger partial charge is 0.392 e. The fourth-order valence-corrected chi connectivity index (χ4v) is 4.36. The van der Waals surface area contributed by atoms with Crippen LogP contribution in [-0.2, 0) is 10.0 Å². The first-order chi connectivity index (χ1) is 11.2. The van der Waals surface area contributed by atoms with Crippen LogP contribution in [0.15, 0.2) is 23.1 Å². The number of benzene rings is 1. The minimum Gasteiger partial charge on any atom is -0.392 e. The van der Waals surface area contributed by atoms with Crippen molar-refractivity contribution in [1.82, 2.24) is 4.31 Å². The van der Waals surface area contributed by atoms with Gasteiger partial charge in [0, 0.05) is 25.7 Å². The Labute approximate surface area is 141 Å². The van der Waals surface area contributed by atoms with E-state index in [-0.39, 0.29) is 28.7 Å². The van der Waals surface area contributed by atoms with Gasteiger partial charge in [-0.2, -0.15) is 4.31 Å². The molecule has 2 N–H and O–H groups in total. The molecule has 1 fully saturated rings. The summed E-state index contributed by atoms with van der Waals surface area (Å²) in [4.78, 5) is 10.6. The summed E-state index contributed by atoms with van der Waals surface area (Å²) in [6, 6.07) is 3.83. The number of nitro benzene ring substituents is 1. The second-order valence-corrected chi connectivity index (χ2v) is 8.21. The molecule has 0 aromatic heterocycles. The van der Waals surface area contributed by atoms with Crippen LogP contribution in [0.5, 0.6) is 0 Å². The van der Waals surface area contributed by atoms with E-state index >= 15 is 0 Å². The molecule has 1 aromatic carbocycles. The third kappa shape index (κ3) is 4.22. The van der Waals surface area contributed by atoms with Crippen LogP contribution in [0.3, 0.4) is 0 Å². The number of hydrogen-bond donors (Lipinski definition) is 2. The molecule has 0 bridgehead atoms. The Morgan fingerprint density at radius 2 is 2.21 bits per heavy atom. The van der Waals surface area contributed by atoms with Crippen molar-refractivity contribution in [2.24, 2.45) is 5.92 Å². The summed E-state index contributed by atoms with van der Waals surface area (Å²) in [5, 5.41) is 23.3. The average Bonchev–Trinajstić information content (AvgIpc) is 2.52. The van der Waals surface area contributed by atoms with Gasteiger partial charge in [-0.15, -0.1) is 0 Å². The van der Waals surface area contributed by atoms with Crippen LogP contribution in [0.4, 0.5) is 11.4 Å². The lowest BCUT2D eigenvalue weighted by atomic mass is 10.0. The Morgan fingerprint density at radius 1 is 1.50 bits per heavy atom. The van der Waals surface area contributed by atoms with Crippen molar-refractivity contribution in [3.05, 3.63) is 28.3 Å². The lowest BCUT2D eigenvalue weighted by molar-refractivity contribution is -0.384. The number of aliphatic hydroxyl groups is 1. The molecule has 0 saturated carbocycles. The van der Waals surface area contributed by atoms with Crippen LogP contribution in [0, 0.1) is 16.0 Å². The van der Waals surface area contributed by atoms with Gasteiger partial charge in [-0.1, -0.05) is 6.92 Å². The van der Waals surface area contributed by atoms with Gasteiger partial charge in [-0.05, 0) is 37.8 Å². The van der Waals surface area contributed by atoms with Gasteiger partial charge in [-0.25, -0.2) is 8.42 Å². The van der Waals surface area contributed by atoms with E-state index in [1.54, 1.807) is 6.92 Å². The first-order valence-electron chi connectivity index (χ1n) is 7.92. The minimum absolute atomic E-state index is 0.0779. The number of piperidine rings is 1. The van der Waals surface area contributed by atoms with Gasteiger partial charge >= 0.3 is 0 Å². The molecule has 1 aliphatic rings. The third-order valence-electron chi connectivity index (χ3n) is 4.01. The van der Waals surface area contributed by atoms with Gasteiger partial charge in [0.15, 0.2) is 0 Å². The SMILES string of the molecule is C[C@@H]1CCCN(S(=O)(=O)c2ccc(NC[C@H](C)O)c([N+](=O)[O-])c2)C1. The molecule has 8 nitrogen and oxygen atoms in total. The Kier molecular flexibility index (Phi) is 5.79. The molecule has 1 aromatic rings. The minimum atomic E-state index is -3.75. The molecule has 0 aliphatic carbocycles. The van der Waals surface area contributed by atoms with Crippen LogP contribution < -0.4 is 5.32 Å². The van der Waals surface area contributed by atoms with E-state index in [0.29, 0.717) is 13.1 Å². The van der Waals surface area contributed by atoms with Gasteiger partial charge in [-0.3, -0.25) is 10.1 Å². The summed E-state index contributed by atoms with van der Waals surface area (Å²) in [6.45, 7) is 4.54. The molecule has 0 unspecified atom stereocenters. The number of rotatable bonds is 6. The summed E-state index contributed by atoms with van der Waals surface area (Å²) in [5.41, 5.74) is -0.131. The number of sulfonamides is 1. The number of nitro groups is 1. The zero-order chi connectivity index (χ0) is 17.9. The molecule has 2 atom stereocenters. The van der Waals surface area contributed by atoms with E-state index in [1.165, 1.54) is 16.4 Å². The molecular weight excluding hydrogens is 334 g/mol. The highest BCUT2D eigenvalue weighted by Crippen LogP contribution is 2.30. The molecule has 1 saturated heterocycles. The second kappa shape index (κ2) is 7.45. The summed E-state index contributed by atoms with van der Waals surface area (Å²) in [7, 11) is -3.75. The van der Waals surface area contributed by atoms with Gasteiger partial charge in [0.1, 0.15) is 5.69 Å². The van der Waals surface area contributed by atoms with Crippen molar-refractivity contribution in [2.45, 2.75) is 37.7 Å². The Balaban J connectivity index is 2.33. The predicted molar refractivity (Wildman–Crippen MR) is 90.4 cm³/mol. The predicted octanol–water partition coefficient (Wildman–Crippen LogP) is 1.81. The molecule has 0 radical (unpaired) electrons. The van der Waals surface area contributed by atoms with Crippen molar-refractivity contribution in [2.75, 3.05) is 25.0 Å². The lowest BCUT2D eigenvalue weighted by Crippen LogP contribution is -2.39. The van der Waals surface area contributed by atoms with Crippen molar-refractivity contribution < 1.29 is 18.4 Å². The van der Waals surface area contributed by atoms with E-state index in [0.717, 1.165) is 18.9 Å². The standard InChI is InChI=1S/C15H23N3O5S/c1-11-4-3-7-17(10-11)24(22,23)13-5-6-14(16-9-12(2)19)15(8-13)18(20)21/h5-6,8,11-12,16,19H,3-4,7,9-10H2,1-2H3/t11-,12+/m1/s1. The van der Waals surface area contributed by atoms with Crippen molar-refractivity contribution in [1.29, 1.82) is 0 Å². The van der Waals surface area contributed by atoms with Crippen molar-refractivity contribution in [3.8, 4) is 0 Å². The summed E-state index contributed by atoms with van der Waals surface area (Å²) in [6.07, 6.45) is 1.09. The van der Waals surface area contributed by atoms with E-state index in [2.05, 4.69) is 5.32 Å². The van der Waals surface area contributed by atoms with Gasteiger partial charge < -0.3 is 10.4 Å². The van der Waals surface area contributed by atoms with E-state index in [4.69, 9.17) is 0 Å². The maximum absolute atomic E-state index is 12.7. The van der Waals surface area contributed by atoms with Gasteiger partial charge in [0.25, 0.3) is 5.69 Å². The summed E-state index contributed by atoms with van der Waals surface area (Å²) in [5.74, 6) is 0.274. The molecule has 0 spiro atoms. The Bertz CT molecular complexity index is 705. The molecular formula is C15H23N3O5S. The molecule has 9 heteroatoms. The highest BCUT2D eigenvalue weighted by molar-refractivity contribution is 7.89. The van der Waals surface area contributed by atoms with E-state index in [1.807, 2.05) is 6.92 Å². The normalized spacial score (nSPS) is 20.5. The van der Waals surface area contributed by atoms with Crippen LogP contribution >= 0.6 is 0 Å². The smallest absolute Gasteiger partial charge is 0.293 e. The quantitative estimate of drug-likeness (QED) is 0.593. The molecule has 1 aliphatic heterocycles. The topological polar surface area (TPSA) is 113 Å². The first-order valence-corrected chi connectivity index (χ1v) is 9.36. The summed E-state index contributed by atoms with van der Waals surface area (Å²) < 4.78 is 26.8. The van der Waals surface area contributed by atoms with E-state index < -0.39 is 21.1 Å². The highest BCUT2D eigenvalue weighted by Gasteiger charge is 2.30. The highest BCUT2D eigenvalue weighted by atomic mass is 32.2. The van der Waals surface area contributed by atoms with Crippen molar-refractivity contribution >= 4 is 21.4 Å². The Hall–Kier alpha value is -1.71. The number of nitrogens with one attached hydrogen (secondary N) is 1. The second-order valence-electron chi connectivity index (χ2n) is 6.28. The van der Waals surface area contributed by atoms with Gasteiger partial charge in [0.05, 0.1) is 15.9 Å². The molecule has 1 heterocycles. The lowest BCUT2D eigenvalue weighted by Gasteiger charge is -2.30. The number of hydrogen-bond acceptors (Lipinski definition) is 6. The fraction of sp³-hybridized carbons (Fsp3) is 0.600. The third-order valence-corrected chi connectivity index (χ3v) is 5.87. The number of anilines is 1. The number of aliphatic hydroxyl groups excluding tert-OH is 1. The molecule has 24 heavy (non-hydrogen) atoms. The monoisotopic (exact) mass is 357 g/mol. The zero-order valence-corrected chi connectivity index (χ0v) is 14.6. The molecule has 134 valence electrons. The van der Waals surface area contributed by atoms with Crippen LogP contribution in [-0.4, -0.2) is 48.5 Å². The van der Waals surface area contributed by atoms with Crippen LogP contribution in [0.2, 0.25) is 0 Å². The Morgan fingerprint density at radius 3 is 2.79 bits per heavy atom. The molecule has 0 amide bonds. The van der Waals surface area contributed by atoms with Gasteiger partial charge in [0.2, 0.25) is 10.0 Å². The maximum Gasteiger partial charge on any atom is 0.293 e. The average molecular weight is 357 g/mol. The molecule has 2 rings (SSSR count). The maximum atomic E-state index is 12.7. The van der Waals surface area contributed by atoms with E-state index in [9.17, 15) is 23.6 Å². The van der Waals surface area contributed by atoms with Crippen molar-refractivity contribution in [3.63, 3.8) is 0 Å².